The molecule has 0 bridgehead atoms. The molecule has 0 atom stereocenters. The summed E-state index contributed by atoms with van der Waals surface area (Å²) in [4.78, 5) is 0. The lowest BCUT2D eigenvalue weighted by molar-refractivity contribution is 0.524. The number of hydrogen-bond acceptors (Lipinski definition) is 1. The van der Waals surface area contributed by atoms with Gasteiger partial charge in [0.2, 0.25) is 0 Å². The summed E-state index contributed by atoms with van der Waals surface area (Å²) in [5.41, 5.74) is 5.72. The van der Waals surface area contributed by atoms with E-state index in [0.29, 0.717) is 0 Å². The number of aryl methyl sites for hydroxylation is 1. The van der Waals surface area contributed by atoms with Crippen molar-refractivity contribution in [2.45, 2.75) is 258 Å². The first-order valence-corrected chi connectivity index (χ1v) is 24.3. The Balaban J connectivity index is 1.54. The molecule has 0 radical (unpaired) electrons. The minimum atomic E-state index is 1.21. The molecule has 1 nitrogen and oxygen atoms in total. The Morgan fingerprint density at radius 3 is 0.981 bits per heavy atom. The van der Waals surface area contributed by atoms with E-state index in [1.54, 1.807) is 11.1 Å². The zero-order chi connectivity index (χ0) is 37.5. The number of anilines is 2. The zero-order valence-corrected chi connectivity index (χ0v) is 36.0. The van der Waals surface area contributed by atoms with Gasteiger partial charge in [-0.15, -0.1) is 0 Å². The van der Waals surface area contributed by atoms with Crippen LogP contribution in [0.4, 0.5) is 11.4 Å². The second-order valence-electron chi connectivity index (χ2n) is 17.0. The molecule has 53 heavy (non-hydrogen) atoms. The zero-order valence-electron chi connectivity index (χ0n) is 36.0. The topological polar surface area (TPSA) is 12.0 Å². The molecule has 304 valence electrons. The van der Waals surface area contributed by atoms with Crippen LogP contribution in [0.15, 0.2) is 48.5 Å². The summed E-state index contributed by atoms with van der Waals surface area (Å²) in [7, 11) is 0. The molecule has 1 heteroatoms. The van der Waals surface area contributed by atoms with Crippen LogP contribution in [0.1, 0.15) is 256 Å². The van der Waals surface area contributed by atoms with Crippen molar-refractivity contribution in [2.75, 3.05) is 5.32 Å². The van der Waals surface area contributed by atoms with Crippen molar-refractivity contribution < 1.29 is 0 Å². The van der Waals surface area contributed by atoms with Crippen molar-refractivity contribution >= 4 is 11.4 Å². The predicted octanol–water partition coefficient (Wildman–Crippen LogP) is 18.6. The van der Waals surface area contributed by atoms with Crippen LogP contribution in [-0.2, 0) is 12.8 Å². The molecule has 0 spiro atoms. The van der Waals surface area contributed by atoms with Gasteiger partial charge in [-0.1, -0.05) is 262 Å². The van der Waals surface area contributed by atoms with Gasteiger partial charge in [-0.3, -0.25) is 0 Å². The minimum absolute atomic E-state index is 1.21. The lowest BCUT2D eigenvalue weighted by Crippen LogP contribution is -2.02. The van der Waals surface area contributed by atoms with Gasteiger partial charge in [-0.05, 0) is 55.0 Å². The summed E-state index contributed by atoms with van der Waals surface area (Å²) >= 11 is 0. The smallest absolute Gasteiger partial charge is 0.0419 e. The van der Waals surface area contributed by atoms with Gasteiger partial charge in [0.1, 0.15) is 0 Å². The molecule has 2 rings (SSSR count). The molecule has 0 aliphatic rings. The molecule has 0 unspecified atom stereocenters. The highest BCUT2D eigenvalue weighted by Crippen LogP contribution is 2.28. The van der Waals surface area contributed by atoms with Crippen molar-refractivity contribution in [3.63, 3.8) is 0 Å². The number of benzene rings is 2. The molecule has 0 saturated heterocycles. The second-order valence-corrected chi connectivity index (χ2v) is 17.0. The van der Waals surface area contributed by atoms with Crippen molar-refractivity contribution in [1.82, 2.24) is 0 Å². The fraction of sp³-hybridized carbons (Fsp3) is 0.769. The highest BCUT2D eigenvalue weighted by molar-refractivity contribution is 5.64. The summed E-state index contributed by atoms with van der Waals surface area (Å²) in [6.07, 6.45) is 54.2. The molecular formula is C52H91N. The number of rotatable bonds is 40. The first-order chi connectivity index (χ1) is 26.3. The number of unbranched alkanes of at least 4 members (excludes halogenated alkanes) is 34. The molecule has 1 N–H and O–H groups in total. The lowest BCUT2D eigenvalue weighted by Gasteiger charge is -2.17. The van der Waals surface area contributed by atoms with Crippen molar-refractivity contribution in [1.29, 1.82) is 0 Å². The molecule has 0 heterocycles. The maximum atomic E-state index is 3.78. The van der Waals surface area contributed by atoms with Crippen molar-refractivity contribution in [2.24, 2.45) is 0 Å². The van der Waals surface area contributed by atoms with E-state index in [1.165, 1.54) is 255 Å². The Hall–Kier alpha value is -1.76. The standard InChI is InChI=1S/C52H91N/c1-3-5-7-9-11-13-15-17-19-21-23-25-27-29-31-33-35-38-43-49-44-42-48-52(53-50-45-39-37-40-46-50)51(49)47-41-36-34-32-30-28-26-24-22-20-18-16-14-12-10-8-6-4-2/h37,39-40,42,44-46,48,53H,3-36,38,41,43,47H2,1-2H3. The van der Waals surface area contributed by atoms with Crippen LogP contribution < -0.4 is 5.32 Å². The van der Waals surface area contributed by atoms with Gasteiger partial charge in [-0.25, -0.2) is 0 Å². The van der Waals surface area contributed by atoms with Crippen LogP contribution in [0.2, 0.25) is 0 Å². The fourth-order valence-electron chi connectivity index (χ4n) is 8.38. The summed E-state index contributed by atoms with van der Waals surface area (Å²) in [6, 6.07) is 17.8. The summed E-state index contributed by atoms with van der Waals surface area (Å²) in [5.74, 6) is 0. The highest BCUT2D eigenvalue weighted by Gasteiger charge is 2.09. The monoisotopic (exact) mass is 730 g/mol. The van der Waals surface area contributed by atoms with Gasteiger partial charge in [0, 0.05) is 11.4 Å². The third kappa shape index (κ3) is 28.3. The highest BCUT2D eigenvalue weighted by atomic mass is 14.9. The van der Waals surface area contributed by atoms with Crippen LogP contribution in [0.25, 0.3) is 0 Å². The van der Waals surface area contributed by atoms with E-state index >= 15 is 0 Å². The average Bonchev–Trinajstić information content (AvgIpc) is 3.18. The van der Waals surface area contributed by atoms with Gasteiger partial charge >= 0.3 is 0 Å². The van der Waals surface area contributed by atoms with Crippen LogP contribution in [0.5, 0.6) is 0 Å². The first-order valence-electron chi connectivity index (χ1n) is 24.3. The molecule has 0 amide bonds. The average molecular weight is 730 g/mol. The van der Waals surface area contributed by atoms with Crippen LogP contribution in [0, 0.1) is 0 Å². The van der Waals surface area contributed by atoms with Gasteiger partial charge in [0.25, 0.3) is 0 Å². The van der Waals surface area contributed by atoms with Gasteiger partial charge in [0.15, 0.2) is 0 Å². The van der Waals surface area contributed by atoms with E-state index in [2.05, 4.69) is 67.7 Å². The lowest BCUT2D eigenvalue weighted by atomic mass is 9.94. The third-order valence-electron chi connectivity index (χ3n) is 11.9. The maximum absolute atomic E-state index is 3.78. The number of hydrogen-bond donors (Lipinski definition) is 1. The third-order valence-corrected chi connectivity index (χ3v) is 11.9. The molecule has 0 aliphatic heterocycles. The van der Waals surface area contributed by atoms with E-state index in [9.17, 15) is 0 Å². The molecule has 2 aromatic carbocycles. The van der Waals surface area contributed by atoms with Crippen molar-refractivity contribution in [3.8, 4) is 0 Å². The van der Waals surface area contributed by atoms with E-state index < -0.39 is 0 Å². The van der Waals surface area contributed by atoms with Crippen LogP contribution >= 0.6 is 0 Å². The minimum Gasteiger partial charge on any atom is -0.355 e. The Morgan fingerprint density at radius 1 is 0.302 bits per heavy atom. The molecule has 0 saturated carbocycles. The Kier molecular flexibility index (Phi) is 33.2. The summed E-state index contributed by atoms with van der Waals surface area (Å²) < 4.78 is 0. The molecule has 0 aliphatic carbocycles. The van der Waals surface area contributed by atoms with E-state index in [1.807, 2.05) is 0 Å². The second kappa shape index (κ2) is 37.2. The Labute approximate surface area is 333 Å². The van der Waals surface area contributed by atoms with Crippen LogP contribution in [0.3, 0.4) is 0 Å². The predicted molar refractivity (Wildman–Crippen MR) is 241 cm³/mol. The SMILES string of the molecule is CCCCCCCCCCCCCCCCCCCCc1cccc(Nc2ccccc2)c1CCCCCCCCCCCCCCCCCCCC. The van der Waals surface area contributed by atoms with E-state index in [4.69, 9.17) is 0 Å². The maximum Gasteiger partial charge on any atom is 0.0419 e. The van der Waals surface area contributed by atoms with Gasteiger partial charge in [0.05, 0.1) is 0 Å². The summed E-state index contributed by atoms with van der Waals surface area (Å²) in [6.45, 7) is 4.62. The molecular weight excluding hydrogens is 639 g/mol. The van der Waals surface area contributed by atoms with Crippen LogP contribution in [-0.4, -0.2) is 0 Å². The van der Waals surface area contributed by atoms with Gasteiger partial charge < -0.3 is 5.32 Å². The molecule has 2 aromatic rings. The quantitative estimate of drug-likeness (QED) is 0.0674. The Bertz CT molecular complexity index is 1010. The van der Waals surface area contributed by atoms with E-state index in [-0.39, 0.29) is 0 Å². The normalized spacial score (nSPS) is 11.4. The van der Waals surface area contributed by atoms with E-state index in [0.717, 1.165) is 0 Å². The number of para-hydroxylation sites is 1. The molecule has 0 fully saturated rings. The number of nitrogens with one attached hydrogen (secondary N) is 1. The largest absolute Gasteiger partial charge is 0.355 e. The Morgan fingerprint density at radius 2 is 0.623 bits per heavy atom. The first kappa shape index (κ1) is 47.4. The molecule has 0 aromatic heterocycles. The fourth-order valence-corrected chi connectivity index (χ4v) is 8.38. The summed E-state index contributed by atoms with van der Waals surface area (Å²) in [5, 5.41) is 3.78. The van der Waals surface area contributed by atoms with Gasteiger partial charge in [-0.2, -0.15) is 0 Å². The van der Waals surface area contributed by atoms with Crippen molar-refractivity contribution in [3.05, 3.63) is 59.7 Å².